The van der Waals surface area contributed by atoms with Crippen LogP contribution in [0.4, 0.5) is 16.2 Å². The zero-order valence-electron chi connectivity index (χ0n) is 14.4. The normalized spacial score (nSPS) is 10.4. The van der Waals surface area contributed by atoms with Crippen molar-refractivity contribution in [3.63, 3.8) is 0 Å². The molecular weight excluding hydrogens is 326 g/mol. The Labute approximate surface area is 144 Å². The maximum Gasteiger partial charge on any atom is 0.325 e. The second-order valence-electron chi connectivity index (χ2n) is 5.75. The van der Waals surface area contributed by atoms with E-state index in [0.717, 1.165) is 11.1 Å². The van der Waals surface area contributed by atoms with Gasteiger partial charge in [-0.25, -0.2) is 4.79 Å². The van der Waals surface area contributed by atoms with Gasteiger partial charge in [0.15, 0.2) is 0 Å². The molecule has 2 rings (SSSR count). The van der Waals surface area contributed by atoms with Crippen LogP contribution >= 0.6 is 0 Å². The van der Waals surface area contributed by atoms with E-state index in [0.29, 0.717) is 5.69 Å². The third kappa shape index (κ3) is 4.19. The summed E-state index contributed by atoms with van der Waals surface area (Å²) in [7, 11) is 0. The molecule has 0 saturated heterocycles. The predicted octanol–water partition coefficient (Wildman–Crippen LogP) is 2.37. The van der Waals surface area contributed by atoms with Crippen molar-refractivity contribution < 1.29 is 14.5 Å². The van der Waals surface area contributed by atoms with Crippen molar-refractivity contribution in [2.24, 2.45) is 0 Å². The number of hydrogen-bond acceptors (Lipinski definition) is 5. The summed E-state index contributed by atoms with van der Waals surface area (Å²) in [6.07, 6.45) is 0. The first kappa shape index (κ1) is 18.1. The summed E-state index contributed by atoms with van der Waals surface area (Å²) >= 11 is 0. The molecule has 25 heavy (non-hydrogen) atoms. The Morgan fingerprint density at radius 3 is 2.48 bits per heavy atom. The van der Waals surface area contributed by atoms with Gasteiger partial charge in [-0.1, -0.05) is 17.7 Å². The van der Waals surface area contributed by atoms with E-state index in [4.69, 9.17) is 0 Å². The summed E-state index contributed by atoms with van der Waals surface area (Å²) in [5, 5.41) is 19.7. The molecular formula is C16H19N5O4. The van der Waals surface area contributed by atoms with Gasteiger partial charge in [-0.2, -0.15) is 5.10 Å². The average molecular weight is 345 g/mol. The van der Waals surface area contributed by atoms with E-state index < -0.39 is 16.9 Å². The summed E-state index contributed by atoms with van der Waals surface area (Å²) in [5.74, 6) is -0.622. The number of nitrogens with zero attached hydrogens (tertiary/aromatic N) is 3. The standard InChI is InChI=1S/C16H19N5O4/c1-9-5-6-13(10(2)7-9)17-16(23)18-14(22)8-20-12(4)15(21(24)25)11(3)19-20/h5-7H,8H2,1-4H3,(H2,17,18,22,23). The van der Waals surface area contributed by atoms with Crippen LogP contribution in [0.3, 0.4) is 0 Å². The minimum atomic E-state index is -0.673. The molecule has 1 aromatic heterocycles. The number of benzene rings is 1. The van der Waals surface area contributed by atoms with Gasteiger partial charge in [0.05, 0.1) is 4.92 Å². The average Bonchev–Trinajstić information content (AvgIpc) is 2.76. The largest absolute Gasteiger partial charge is 0.325 e. The fourth-order valence-corrected chi connectivity index (χ4v) is 2.52. The molecule has 0 fully saturated rings. The van der Waals surface area contributed by atoms with Crippen LogP contribution < -0.4 is 10.6 Å². The topological polar surface area (TPSA) is 119 Å². The highest BCUT2D eigenvalue weighted by molar-refractivity contribution is 6.01. The van der Waals surface area contributed by atoms with Crippen LogP contribution in [0.25, 0.3) is 0 Å². The van der Waals surface area contributed by atoms with Crippen LogP contribution in [0.5, 0.6) is 0 Å². The number of anilines is 1. The second kappa shape index (κ2) is 7.12. The van der Waals surface area contributed by atoms with E-state index in [-0.39, 0.29) is 23.6 Å². The van der Waals surface area contributed by atoms with Crippen molar-refractivity contribution in [3.8, 4) is 0 Å². The van der Waals surface area contributed by atoms with Gasteiger partial charge in [-0.05, 0) is 39.3 Å². The molecule has 0 unspecified atom stereocenters. The SMILES string of the molecule is Cc1ccc(NC(=O)NC(=O)Cn2nc(C)c([N+](=O)[O-])c2C)c(C)c1. The van der Waals surface area contributed by atoms with E-state index in [9.17, 15) is 19.7 Å². The molecule has 0 bridgehead atoms. The van der Waals surface area contributed by atoms with Gasteiger partial charge in [0, 0.05) is 5.69 Å². The maximum absolute atomic E-state index is 12.0. The molecule has 3 amide bonds. The zero-order chi connectivity index (χ0) is 18.7. The van der Waals surface area contributed by atoms with E-state index in [1.165, 1.54) is 18.5 Å². The van der Waals surface area contributed by atoms with Gasteiger partial charge in [-0.15, -0.1) is 0 Å². The first-order valence-corrected chi connectivity index (χ1v) is 7.55. The lowest BCUT2D eigenvalue weighted by Gasteiger charge is -2.10. The molecule has 0 saturated carbocycles. The fraction of sp³-hybridized carbons (Fsp3) is 0.312. The van der Waals surface area contributed by atoms with E-state index in [1.54, 1.807) is 6.07 Å². The van der Waals surface area contributed by atoms with Crippen LogP contribution in [0.2, 0.25) is 0 Å². The number of aromatic nitrogens is 2. The Kier molecular flexibility index (Phi) is 5.16. The first-order valence-electron chi connectivity index (χ1n) is 7.55. The lowest BCUT2D eigenvalue weighted by atomic mass is 10.1. The zero-order valence-corrected chi connectivity index (χ0v) is 14.4. The highest BCUT2D eigenvalue weighted by Gasteiger charge is 2.23. The minimum absolute atomic E-state index is 0.132. The highest BCUT2D eigenvalue weighted by atomic mass is 16.6. The smallest absolute Gasteiger partial charge is 0.307 e. The molecule has 9 nitrogen and oxygen atoms in total. The number of carbonyl (C=O) groups excluding carboxylic acids is 2. The molecule has 0 spiro atoms. The van der Waals surface area contributed by atoms with Crippen LogP contribution in [-0.2, 0) is 11.3 Å². The van der Waals surface area contributed by atoms with E-state index in [1.807, 2.05) is 26.0 Å². The maximum atomic E-state index is 12.0. The lowest BCUT2D eigenvalue weighted by Crippen LogP contribution is -2.37. The number of rotatable bonds is 4. The number of nitro groups is 1. The Morgan fingerprint density at radius 2 is 1.92 bits per heavy atom. The van der Waals surface area contributed by atoms with Crippen molar-refractivity contribution in [2.45, 2.75) is 34.2 Å². The van der Waals surface area contributed by atoms with Crippen molar-refractivity contribution in [1.29, 1.82) is 0 Å². The fourth-order valence-electron chi connectivity index (χ4n) is 2.52. The Morgan fingerprint density at radius 1 is 1.24 bits per heavy atom. The Balaban J connectivity index is 2.02. The van der Waals surface area contributed by atoms with Gasteiger partial charge in [0.25, 0.3) is 0 Å². The van der Waals surface area contributed by atoms with E-state index in [2.05, 4.69) is 15.7 Å². The first-order chi connectivity index (χ1) is 11.7. The second-order valence-corrected chi connectivity index (χ2v) is 5.75. The summed E-state index contributed by atoms with van der Waals surface area (Å²) in [4.78, 5) is 34.4. The molecule has 2 aromatic rings. The molecule has 1 heterocycles. The number of imide groups is 1. The van der Waals surface area contributed by atoms with Gasteiger partial charge >= 0.3 is 11.7 Å². The van der Waals surface area contributed by atoms with Gasteiger partial charge in [-0.3, -0.25) is 24.9 Å². The number of aryl methyl sites for hydroxylation is 3. The Hall–Kier alpha value is -3.23. The third-order valence-electron chi connectivity index (χ3n) is 3.70. The quantitative estimate of drug-likeness (QED) is 0.651. The summed E-state index contributed by atoms with van der Waals surface area (Å²) in [5.41, 5.74) is 2.87. The van der Waals surface area contributed by atoms with E-state index >= 15 is 0 Å². The van der Waals surface area contributed by atoms with Crippen LogP contribution in [-0.4, -0.2) is 26.6 Å². The lowest BCUT2D eigenvalue weighted by molar-refractivity contribution is -0.386. The number of carbonyl (C=O) groups is 2. The molecule has 0 aliphatic carbocycles. The molecule has 0 aliphatic rings. The monoisotopic (exact) mass is 345 g/mol. The third-order valence-corrected chi connectivity index (χ3v) is 3.70. The molecule has 0 aliphatic heterocycles. The number of hydrogen-bond donors (Lipinski definition) is 2. The van der Waals surface area contributed by atoms with Gasteiger partial charge in [0.1, 0.15) is 17.9 Å². The van der Waals surface area contributed by atoms with Crippen molar-refractivity contribution in [3.05, 3.63) is 50.8 Å². The molecule has 9 heteroatoms. The van der Waals surface area contributed by atoms with Crippen molar-refractivity contribution >= 4 is 23.3 Å². The molecule has 0 radical (unpaired) electrons. The molecule has 1 aromatic carbocycles. The van der Waals surface area contributed by atoms with Crippen molar-refractivity contribution in [1.82, 2.24) is 15.1 Å². The van der Waals surface area contributed by atoms with Gasteiger partial charge in [0.2, 0.25) is 5.91 Å². The van der Waals surface area contributed by atoms with Gasteiger partial charge < -0.3 is 5.32 Å². The minimum Gasteiger partial charge on any atom is -0.307 e. The highest BCUT2D eigenvalue weighted by Crippen LogP contribution is 2.21. The summed E-state index contributed by atoms with van der Waals surface area (Å²) < 4.78 is 1.20. The Bertz CT molecular complexity index is 856. The van der Waals surface area contributed by atoms with Crippen molar-refractivity contribution in [2.75, 3.05) is 5.32 Å². The number of amides is 3. The van der Waals surface area contributed by atoms with Crippen LogP contribution in [0, 0.1) is 37.8 Å². The van der Waals surface area contributed by atoms with Crippen LogP contribution in [0.1, 0.15) is 22.5 Å². The van der Waals surface area contributed by atoms with Crippen LogP contribution in [0.15, 0.2) is 18.2 Å². The molecule has 132 valence electrons. The predicted molar refractivity (Wildman–Crippen MR) is 91.4 cm³/mol. The molecule has 0 atom stereocenters. The summed E-state index contributed by atoms with van der Waals surface area (Å²) in [6, 6.07) is 4.83. The number of urea groups is 1. The molecule has 2 N–H and O–H groups in total. The summed E-state index contributed by atoms with van der Waals surface area (Å²) in [6.45, 7) is 6.49. The number of nitrogens with one attached hydrogen (secondary N) is 2.